The van der Waals surface area contributed by atoms with Crippen molar-refractivity contribution in [2.75, 3.05) is 11.8 Å². The molecule has 0 spiro atoms. The number of hydrogen-bond acceptors (Lipinski definition) is 7. The summed E-state index contributed by atoms with van der Waals surface area (Å²) in [6.07, 6.45) is 9.31. The molecule has 0 saturated heterocycles. The Morgan fingerprint density at radius 1 is 1.17 bits per heavy atom. The average Bonchev–Trinajstić information content (AvgIpc) is 3.57. The number of aliphatic imine (C=N–C) groups is 1. The standard InChI is InChI=1S/C20H20N6O2S/c1-22-9-15(8-21)20-12-24-18-5-2-13(7-19(18)25-20)14-6-16(11-23-10-14)26-29(27,28)17-3-4-17/h2,5-12,17,26H,3-4,21H2,1H3/b15-8+,22-9?. The maximum Gasteiger partial charge on any atom is 0.235 e. The predicted octanol–water partition coefficient (Wildman–Crippen LogP) is 2.60. The molecule has 1 aliphatic rings. The second-order valence-electron chi connectivity index (χ2n) is 6.78. The van der Waals surface area contributed by atoms with Gasteiger partial charge in [0, 0.05) is 36.8 Å². The lowest BCUT2D eigenvalue weighted by Crippen LogP contribution is -2.17. The Morgan fingerprint density at radius 3 is 2.72 bits per heavy atom. The first-order chi connectivity index (χ1) is 14.0. The summed E-state index contributed by atoms with van der Waals surface area (Å²) >= 11 is 0. The quantitative estimate of drug-likeness (QED) is 0.604. The Bertz CT molecular complexity index is 1230. The van der Waals surface area contributed by atoms with Crippen LogP contribution in [0.2, 0.25) is 0 Å². The van der Waals surface area contributed by atoms with Gasteiger partial charge in [-0.05, 0) is 36.6 Å². The highest BCUT2D eigenvalue weighted by molar-refractivity contribution is 7.93. The van der Waals surface area contributed by atoms with Crippen LogP contribution in [0.5, 0.6) is 0 Å². The smallest absolute Gasteiger partial charge is 0.235 e. The molecule has 0 radical (unpaired) electrons. The molecule has 4 rings (SSSR count). The van der Waals surface area contributed by atoms with Gasteiger partial charge >= 0.3 is 0 Å². The number of aromatic nitrogens is 3. The summed E-state index contributed by atoms with van der Waals surface area (Å²) in [6.45, 7) is 0. The second-order valence-corrected chi connectivity index (χ2v) is 8.74. The van der Waals surface area contributed by atoms with Crippen molar-refractivity contribution in [3.8, 4) is 11.1 Å². The van der Waals surface area contributed by atoms with Gasteiger partial charge in [0.05, 0.1) is 40.1 Å². The lowest BCUT2D eigenvalue weighted by molar-refractivity contribution is 0.600. The first-order valence-electron chi connectivity index (χ1n) is 9.08. The highest BCUT2D eigenvalue weighted by Crippen LogP contribution is 2.31. The van der Waals surface area contributed by atoms with E-state index >= 15 is 0 Å². The van der Waals surface area contributed by atoms with Crippen molar-refractivity contribution in [2.45, 2.75) is 18.1 Å². The number of fused-ring (bicyclic) bond motifs is 1. The minimum Gasteiger partial charge on any atom is -0.404 e. The zero-order valence-corrected chi connectivity index (χ0v) is 16.6. The molecule has 1 aliphatic carbocycles. The molecule has 0 atom stereocenters. The molecule has 1 saturated carbocycles. The van der Waals surface area contributed by atoms with Crippen molar-refractivity contribution < 1.29 is 8.42 Å². The summed E-state index contributed by atoms with van der Waals surface area (Å²) in [4.78, 5) is 17.2. The average molecular weight is 408 g/mol. The molecular weight excluding hydrogens is 388 g/mol. The number of anilines is 1. The molecule has 2 aromatic heterocycles. The van der Waals surface area contributed by atoms with E-state index in [1.807, 2.05) is 18.2 Å². The zero-order chi connectivity index (χ0) is 20.4. The molecule has 2 heterocycles. The van der Waals surface area contributed by atoms with Crippen molar-refractivity contribution in [1.82, 2.24) is 15.0 Å². The molecule has 9 heteroatoms. The third-order valence-corrected chi connectivity index (χ3v) is 6.45. The van der Waals surface area contributed by atoms with Crippen LogP contribution in [0.3, 0.4) is 0 Å². The Balaban J connectivity index is 1.69. The number of nitrogens with two attached hydrogens (primary N) is 1. The van der Waals surface area contributed by atoms with Crippen LogP contribution >= 0.6 is 0 Å². The van der Waals surface area contributed by atoms with E-state index in [4.69, 9.17) is 5.73 Å². The number of allylic oxidation sites excluding steroid dienone is 1. The summed E-state index contributed by atoms with van der Waals surface area (Å²) in [5.41, 5.74) is 10.5. The van der Waals surface area contributed by atoms with E-state index in [0.29, 0.717) is 35.3 Å². The van der Waals surface area contributed by atoms with Gasteiger partial charge in [0.15, 0.2) is 0 Å². The predicted molar refractivity (Wildman–Crippen MR) is 115 cm³/mol. The Labute approximate surface area is 168 Å². The molecule has 148 valence electrons. The molecule has 29 heavy (non-hydrogen) atoms. The van der Waals surface area contributed by atoms with Crippen LogP contribution in [-0.4, -0.2) is 41.9 Å². The van der Waals surface area contributed by atoms with Crippen LogP contribution in [0, 0.1) is 0 Å². The van der Waals surface area contributed by atoms with E-state index in [0.717, 1.165) is 16.6 Å². The SMILES string of the molecule is CN=C/C(=C\N)c1cnc2ccc(-c3cncc(NS(=O)(=O)C4CC4)c3)cc2n1. The van der Waals surface area contributed by atoms with E-state index in [1.54, 1.807) is 31.7 Å². The van der Waals surface area contributed by atoms with Gasteiger partial charge in [0.25, 0.3) is 0 Å². The molecule has 0 bridgehead atoms. The summed E-state index contributed by atoms with van der Waals surface area (Å²) in [6, 6.07) is 7.42. The van der Waals surface area contributed by atoms with Crippen LogP contribution in [0.25, 0.3) is 27.7 Å². The number of sulfonamides is 1. The molecule has 1 fully saturated rings. The van der Waals surface area contributed by atoms with Gasteiger partial charge in [-0.15, -0.1) is 0 Å². The molecule has 8 nitrogen and oxygen atoms in total. The van der Waals surface area contributed by atoms with Gasteiger partial charge in [-0.3, -0.25) is 19.7 Å². The molecule has 1 aromatic carbocycles. The molecule has 0 amide bonds. The zero-order valence-electron chi connectivity index (χ0n) is 15.8. The fraction of sp³-hybridized carbons (Fsp3) is 0.200. The van der Waals surface area contributed by atoms with E-state index in [2.05, 4.69) is 24.7 Å². The fourth-order valence-electron chi connectivity index (χ4n) is 2.94. The van der Waals surface area contributed by atoms with Gasteiger partial charge in [0.2, 0.25) is 10.0 Å². The topological polar surface area (TPSA) is 123 Å². The Hall–Kier alpha value is -3.33. The van der Waals surface area contributed by atoms with Gasteiger partial charge in [-0.2, -0.15) is 0 Å². The van der Waals surface area contributed by atoms with Crippen molar-refractivity contribution in [3.63, 3.8) is 0 Å². The van der Waals surface area contributed by atoms with Crippen LogP contribution in [-0.2, 0) is 10.0 Å². The first-order valence-corrected chi connectivity index (χ1v) is 10.6. The Morgan fingerprint density at radius 2 is 2.00 bits per heavy atom. The van der Waals surface area contributed by atoms with E-state index in [-0.39, 0.29) is 5.25 Å². The molecular formula is C20H20N6O2S. The first kappa shape index (κ1) is 19.0. The lowest BCUT2D eigenvalue weighted by atomic mass is 10.1. The highest BCUT2D eigenvalue weighted by atomic mass is 32.2. The van der Waals surface area contributed by atoms with Crippen molar-refractivity contribution in [3.05, 3.63) is 54.7 Å². The monoisotopic (exact) mass is 408 g/mol. The summed E-state index contributed by atoms with van der Waals surface area (Å²) in [7, 11) is -1.68. The maximum absolute atomic E-state index is 12.2. The summed E-state index contributed by atoms with van der Waals surface area (Å²) in [5.74, 6) is 0. The van der Waals surface area contributed by atoms with Gasteiger partial charge in [0.1, 0.15) is 0 Å². The van der Waals surface area contributed by atoms with Gasteiger partial charge < -0.3 is 5.73 Å². The number of pyridine rings is 1. The van der Waals surface area contributed by atoms with Crippen molar-refractivity contribution >= 4 is 38.5 Å². The molecule has 3 N–H and O–H groups in total. The summed E-state index contributed by atoms with van der Waals surface area (Å²) in [5, 5.41) is -0.294. The Kier molecular flexibility index (Phi) is 4.98. The minimum atomic E-state index is -3.34. The molecule has 0 unspecified atom stereocenters. The number of benzene rings is 1. The largest absolute Gasteiger partial charge is 0.404 e. The lowest BCUT2D eigenvalue weighted by Gasteiger charge is -2.09. The minimum absolute atomic E-state index is 0.294. The fourth-order valence-corrected chi connectivity index (χ4v) is 4.31. The third kappa shape index (κ3) is 4.09. The number of nitrogens with zero attached hydrogens (tertiary/aromatic N) is 4. The molecule has 0 aliphatic heterocycles. The van der Waals surface area contributed by atoms with E-state index in [1.165, 1.54) is 12.4 Å². The highest BCUT2D eigenvalue weighted by Gasteiger charge is 2.35. The van der Waals surface area contributed by atoms with Crippen molar-refractivity contribution in [1.29, 1.82) is 0 Å². The van der Waals surface area contributed by atoms with Gasteiger partial charge in [-0.1, -0.05) is 6.07 Å². The number of hydrogen-bond donors (Lipinski definition) is 2. The van der Waals surface area contributed by atoms with Crippen LogP contribution in [0.4, 0.5) is 5.69 Å². The summed E-state index contributed by atoms with van der Waals surface area (Å²) < 4.78 is 27.0. The van der Waals surface area contributed by atoms with Gasteiger partial charge in [-0.25, -0.2) is 13.4 Å². The molecule has 3 aromatic rings. The number of rotatable bonds is 6. The normalized spacial score (nSPS) is 15.1. The maximum atomic E-state index is 12.2. The van der Waals surface area contributed by atoms with E-state index < -0.39 is 10.0 Å². The number of nitrogens with one attached hydrogen (secondary N) is 1. The van der Waals surface area contributed by atoms with Crippen LogP contribution in [0.15, 0.2) is 54.0 Å². The third-order valence-electron chi connectivity index (χ3n) is 4.58. The van der Waals surface area contributed by atoms with Crippen molar-refractivity contribution in [2.24, 2.45) is 10.7 Å². The second kappa shape index (κ2) is 7.59. The van der Waals surface area contributed by atoms with Crippen LogP contribution < -0.4 is 10.5 Å². The van der Waals surface area contributed by atoms with Crippen LogP contribution in [0.1, 0.15) is 18.5 Å². The van der Waals surface area contributed by atoms with E-state index in [9.17, 15) is 8.42 Å².